The molecule has 4 fully saturated rings. The summed E-state index contributed by atoms with van der Waals surface area (Å²) in [5.74, 6) is -1.42. The number of carbonyl (C=O) groups excluding carboxylic acids is 2. The van der Waals surface area contributed by atoms with E-state index < -0.39 is 65.1 Å². The number of fused-ring (bicyclic) bond motifs is 4. The molecular weight excluding hydrogens is 696 g/mol. The minimum Gasteiger partial charge on any atom is -0.507 e. The highest BCUT2D eigenvalue weighted by Crippen LogP contribution is 2.54. The topological polar surface area (TPSA) is 175 Å². The van der Waals surface area contributed by atoms with Crippen LogP contribution < -0.4 is 5.43 Å². The number of aromatic hydroxyl groups is 1. The highest BCUT2D eigenvalue weighted by Gasteiger charge is 2.66. The lowest BCUT2D eigenvalue weighted by Crippen LogP contribution is -2.59. The Balaban J connectivity index is 1.34. The molecule has 0 bridgehead atoms. The molecule has 4 saturated heterocycles. The molecule has 0 saturated carbocycles. The molecule has 0 spiro atoms. The van der Waals surface area contributed by atoms with Gasteiger partial charge >= 0.3 is 0 Å². The van der Waals surface area contributed by atoms with Crippen molar-refractivity contribution in [2.45, 2.75) is 127 Å². The SMILES string of the molecule is Cc1cc2c(c3oc([C@]4(C)O[C@@H]4[C@@H]4O[C@@H]4C)cc(=O)c13)C(=O)c1c(O)c([C@@H]3C[C@](C)(N(C)C)[C@H](O)[C@H](C)O3)cc([C@@H]3C[C@H](N(C)C)[C@H](O)[C@H](C)O3)c1C2=O. The number of hydrogen-bond acceptors (Lipinski definition) is 13. The molecule has 1 aromatic heterocycles. The molecule has 2 aromatic carbocycles. The van der Waals surface area contributed by atoms with Crippen LogP contribution >= 0.6 is 0 Å². The summed E-state index contributed by atoms with van der Waals surface area (Å²) in [6.45, 7) is 10.9. The summed E-state index contributed by atoms with van der Waals surface area (Å²) in [6.07, 6.45) is -4.44. The van der Waals surface area contributed by atoms with E-state index in [-0.39, 0.29) is 87.2 Å². The number of benzene rings is 2. The van der Waals surface area contributed by atoms with E-state index in [0.717, 1.165) is 0 Å². The minimum atomic E-state index is -0.970. The lowest BCUT2D eigenvalue weighted by atomic mass is 9.74. The fraction of sp³-hybridized carbons (Fsp3) is 0.585. The van der Waals surface area contributed by atoms with Gasteiger partial charge in [0.1, 0.15) is 29.3 Å². The van der Waals surface area contributed by atoms with E-state index in [0.29, 0.717) is 11.1 Å². The number of phenolic OH excluding ortho intramolecular Hbond substituents is 1. The molecule has 290 valence electrons. The van der Waals surface area contributed by atoms with E-state index in [9.17, 15) is 24.9 Å². The number of phenols is 1. The van der Waals surface area contributed by atoms with Gasteiger partial charge in [-0.15, -0.1) is 0 Å². The second-order valence-electron chi connectivity index (χ2n) is 16.9. The number of aliphatic hydroxyl groups excluding tert-OH is 2. The second kappa shape index (κ2) is 12.5. The average Bonchev–Trinajstić information content (AvgIpc) is 4.01. The number of ether oxygens (including phenoxy) is 4. The molecule has 5 heterocycles. The zero-order valence-corrected chi connectivity index (χ0v) is 32.4. The minimum absolute atomic E-state index is 0.00321. The monoisotopic (exact) mass is 746 g/mol. The van der Waals surface area contributed by atoms with Crippen LogP contribution in [-0.2, 0) is 24.5 Å². The predicted octanol–water partition coefficient (Wildman–Crippen LogP) is 3.66. The molecule has 0 unspecified atom stereocenters. The number of rotatable bonds is 6. The Morgan fingerprint density at radius 3 is 2.11 bits per heavy atom. The van der Waals surface area contributed by atoms with Crippen LogP contribution in [0.1, 0.15) is 114 Å². The third-order valence-electron chi connectivity index (χ3n) is 13.0. The van der Waals surface area contributed by atoms with Crippen LogP contribution in [0, 0.1) is 6.92 Å². The Bertz CT molecular complexity index is 2160. The number of ketones is 2. The molecule has 0 radical (unpaired) electrons. The number of aliphatic hydroxyl groups is 2. The Morgan fingerprint density at radius 2 is 1.48 bits per heavy atom. The van der Waals surface area contributed by atoms with E-state index >= 15 is 4.79 Å². The maximum absolute atomic E-state index is 15.1. The van der Waals surface area contributed by atoms with Crippen LogP contribution in [0.3, 0.4) is 0 Å². The van der Waals surface area contributed by atoms with E-state index in [1.54, 1.807) is 33.8 Å². The first-order chi connectivity index (χ1) is 25.3. The van der Waals surface area contributed by atoms with Crippen molar-refractivity contribution >= 4 is 22.5 Å². The van der Waals surface area contributed by atoms with Crippen LogP contribution in [0.15, 0.2) is 27.4 Å². The summed E-state index contributed by atoms with van der Waals surface area (Å²) in [5, 5.41) is 34.7. The summed E-state index contributed by atoms with van der Waals surface area (Å²) < 4.78 is 30.9. The van der Waals surface area contributed by atoms with Gasteiger partial charge in [0.2, 0.25) is 5.78 Å². The van der Waals surface area contributed by atoms with Gasteiger partial charge in [-0.1, -0.05) is 0 Å². The number of epoxide rings is 2. The van der Waals surface area contributed by atoms with Crippen molar-refractivity contribution in [3.8, 4) is 5.75 Å². The fourth-order valence-corrected chi connectivity index (χ4v) is 9.24. The molecule has 8 rings (SSSR count). The maximum atomic E-state index is 15.1. The number of carbonyl (C=O) groups is 2. The molecule has 0 amide bonds. The first-order valence-electron chi connectivity index (χ1n) is 18.7. The predicted molar refractivity (Wildman–Crippen MR) is 196 cm³/mol. The van der Waals surface area contributed by atoms with Crippen LogP contribution in [0.5, 0.6) is 5.75 Å². The first kappa shape index (κ1) is 37.4. The summed E-state index contributed by atoms with van der Waals surface area (Å²) in [5.41, 5.74) is -1.39. The van der Waals surface area contributed by atoms with Gasteiger partial charge in [0, 0.05) is 34.3 Å². The molecule has 1 aliphatic carbocycles. The molecule has 13 heteroatoms. The quantitative estimate of drug-likeness (QED) is 0.244. The van der Waals surface area contributed by atoms with Gasteiger partial charge in [-0.2, -0.15) is 0 Å². The molecule has 13 nitrogen and oxygen atoms in total. The third kappa shape index (κ3) is 5.38. The van der Waals surface area contributed by atoms with Crippen LogP contribution in [0.25, 0.3) is 11.0 Å². The van der Waals surface area contributed by atoms with Gasteiger partial charge < -0.3 is 48.5 Å². The van der Waals surface area contributed by atoms with Crippen molar-refractivity contribution in [1.29, 1.82) is 0 Å². The van der Waals surface area contributed by atoms with Crippen LogP contribution in [0.2, 0.25) is 0 Å². The summed E-state index contributed by atoms with van der Waals surface area (Å²) >= 11 is 0. The summed E-state index contributed by atoms with van der Waals surface area (Å²) in [4.78, 5) is 47.7. The largest absolute Gasteiger partial charge is 0.507 e. The van der Waals surface area contributed by atoms with Gasteiger partial charge in [-0.25, -0.2) is 0 Å². The molecule has 4 aliphatic heterocycles. The van der Waals surface area contributed by atoms with Crippen molar-refractivity contribution in [3.05, 3.63) is 73.1 Å². The van der Waals surface area contributed by atoms with Gasteiger partial charge in [-0.05, 0) is 106 Å². The Labute approximate surface area is 313 Å². The Morgan fingerprint density at radius 1 is 0.815 bits per heavy atom. The standard InChI is InChI=1S/C41H50N2O11/c1-16-11-22-30(37-28(16)24(44)14-27(53-37)41(6)39(54-41)36-18(3)52-36)35(48)31-29(34(22)47)20(25-13-23(42(7)8)32(45)17(2)50-25)12-21(33(31)46)26-15-40(5,43(9)10)38(49)19(4)51-26/h11-12,14,17-19,23,25-26,32,36,38-39,45-46,49H,13,15H2,1-10H3/t17-,18+,19-,23-,25-,26-,32+,36+,38+,39+,40-,41-/m0/s1. The van der Waals surface area contributed by atoms with E-state index in [2.05, 4.69) is 0 Å². The van der Waals surface area contributed by atoms with Gasteiger partial charge in [0.15, 0.2) is 16.8 Å². The van der Waals surface area contributed by atoms with Crippen molar-refractivity contribution in [1.82, 2.24) is 9.80 Å². The zero-order valence-electron chi connectivity index (χ0n) is 32.4. The smallest absolute Gasteiger partial charge is 0.202 e. The average molecular weight is 747 g/mol. The molecule has 5 aliphatic rings. The molecular formula is C41H50N2O11. The van der Waals surface area contributed by atoms with Crippen molar-refractivity contribution in [2.75, 3.05) is 28.2 Å². The maximum Gasteiger partial charge on any atom is 0.202 e. The van der Waals surface area contributed by atoms with Crippen molar-refractivity contribution in [3.63, 3.8) is 0 Å². The van der Waals surface area contributed by atoms with Crippen LogP contribution in [-0.4, -0.2) is 119 Å². The normalized spacial score (nSPS) is 37.5. The van der Waals surface area contributed by atoms with E-state index in [1.807, 2.05) is 51.8 Å². The Hall–Kier alpha value is -3.53. The lowest BCUT2D eigenvalue weighted by molar-refractivity contribution is -0.176. The van der Waals surface area contributed by atoms with Crippen molar-refractivity contribution < 1.29 is 48.3 Å². The summed E-state index contributed by atoms with van der Waals surface area (Å²) in [7, 11) is 7.45. The fourth-order valence-electron chi connectivity index (χ4n) is 9.24. The Kier molecular flexibility index (Phi) is 8.65. The molecule has 12 atom stereocenters. The number of nitrogens with zero attached hydrogens (tertiary/aromatic N) is 2. The zero-order chi connectivity index (χ0) is 39.1. The lowest BCUT2D eigenvalue weighted by Gasteiger charge is -2.49. The number of likely N-dealkylation sites (N-methyl/N-ethyl adjacent to an activating group) is 2. The number of hydrogen-bond donors (Lipinski definition) is 3. The summed E-state index contributed by atoms with van der Waals surface area (Å²) in [6, 6.07) is 4.26. The third-order valence-corrected chi connectivity index (χ3v) is 13.0. The van der Waals surface area contributed by atoms with Crippen LogP contribution in [0.4, 0.5) is 0 Å². The molecule has 3 aromatic rings. The van der Waals surface area contributed by atoms with Gasteiger partial charge in [-0.3, -0.25) is 14.4 Å². The van der Waals surface area contributed by atoms with E-state index in [4.69, 9.17) is 23.4 Å². The van der Waals surface area contributed by atoms with Gasteiger partial charge in [0.25, 0.3) is 0 Å². The number of aryl methyl sites for hydroxylation is 1. The van der Waals surface area contributed by atoms with Crippen molar-refractivity contribution in [2.24, 2.45) is 0 Å². The molecule has 54 heavy (non-hydrogen) atoms. The van der Waals surface area contributed by atoms with Gasteiger partial charge in [0.05, 0.1) is 59.2 Å². The molecule has 3 N–H and O–H groups in total. The second-order valence-corrected chi connectivity index (χ2v) is 16.9. The first-order valence-corrected chi connectivity index (χ1v) is 18.7. The highest BCUT2D eigenvalue weighted by molar-refractivity contribution is 6.33. The van der Waals surface area contributed by atoms with E-state index in [1.165, 1.54) is 12.1 Å². The highest BCUT2D eigenvalue weighted by atomic mass is 16.7.